The summed E-state index contributed by atoms with van der Waals surface area (Å²) in [5.74, 6) is -2.46. The molecule has 7 N–H and O–H groups in total. The molecule has 14 nitrogen and oxygen atoms in total. The molecule has 0 aliphatic rings. The van der Waals surface area contributed by atoms with E-state index >= 15 is 0 Å². The van der Waals surface area contributed by atoms with Gasteiger partial charge in [-0.1, -0.05) is 24.3 Å². The van der Waals surface area contributed by atoms with Gasteiger partial charge in [0, 0.05) is 17.2 Å². The molecule has 208 valence electrons. The van der Waals surface area contributed by atoms with Gasteiger partial charge in [0.1, 0.15) is 34.2 Å². The number of methoxy groups -OCH3 is 1. The van der Waals surface area contributed by atoms with Gasteiger partial charge in [0.15, 0.2) is 5.82 Å². The zero-order chi connectivity index (χ0) is 29.4. The first kappa shape index (κ1) is 27.8. The number of carboxylic acids is 2. The number of ether oxygens (including phenoxy) is 1. The van der Waals surface area contributed by atoms with Gasteiger partial charge in [0.25, 0.3) is 0 Å². The number of aromatic hydroxyl groups is 2. The van der Waals surface area contributed by atoms with E-state index in [0.29, 0.717) is 17.3 Å². The molecule has 0 amide bonds. The number of carboxylic acid groups (broad SMARTS) is 2. The summed E-state index contributed by atoms with van der Waals surface area (Å²) in [5, 5.41) is 49.9. The SMILES string of the molecule is COc1ccccc1Nc1cc(NN=Cc2cccc(C(=O)O)c2O)nc(NN=Cc2cccc(C(=O)O)c2O)n1. The van der Waals surface area contributed by atoms with Crippen LogP contribution in [0.5, 0.6) is 17.2 Å². The number of para-hydroxylation sites is 4. The maximum Gasteiger partial charge on any atom is 0.339 e. The average molecular weight is 558 g/mol. The first-order valence-electron chi connectivity index (χ1n) is 11.7. The molecule has 0 radical (unpaired) electrons. The molecule has 0 spiro atoms. The van der Waals surface area contributed by atoms with Gasteiger partial charge in [-0.2, -0.15) is 20.2 Å². The predicted molar refractivity (Wildman–Crippen MR) is 151 cm³/mol. The third-order valence-electron chi connectivity index (χ3n) is 5.44. The van der Waals surface area contributed by atoms with Gasteiger partial charge in [0.2, 0.25) is 5.95 Å². The summed E-state index contributed by atoms with van der Waals surface area (Å²) in [4.78, 5) is 31.2. The van der Waals surface area contributed by atoms with Crippen molar-refractivity contribution in [3.8, 4) is 17.2 Å². The molecular formula is C27H23N7O7. The number of aromatic nitrogens is 2. The second kappa shape index (κ2) is 12.6. The number of hydrazone groups is 2. The van der Waals surface area contributed by atoms with Crippen LogP contribution < -0.4 is 20.9 Å². The Bertz CT molecular complexity index is 1560. The van der Waals surface area contributed by atoms with E-state index < -0.39 is 23.4 Å². The first-order valence-corrected chi connectivity index (χ1v) is 11.7. The standard InChI is InChI=1S/C27H23N7O7/c1-41-20-11-3-2-10-19(20)30-21-12-22(33-28-13-15-6-4-8-17(23(15)35)25(37)38)32-27(31-21)34-29-14-16-7-5-9-18(24(16)36)26(39)40/h2-14,35-36H,1H3,(H,37,38)(H,39,40)(H3,30,31,32,33,34). The minimum Gasteiger partial charge on any atom is -0.506 e. The van der Waals surface area contributed by atoms with Crippen molar-refractivity contribution < 1.29 is 34.8 Å². The lowest BCUT2D eigenvalue weighted by Gasteiger charge is -2.12. The van der Waals surface area contributed by atoms with Crippen LogP contribution in [0.1, 0.15) is 31.8 Å². The Labute approximate surface area is 232 Å². The molecule has 14 heteroatoms. The molecule has 1 aromatic heterocycles. The zero-order valence-electron chi connectivity index (χ0n) is 21.3. The third-order valence-corrected chi connectivity index (χ3v) is 5.44. The maximum atomic E-state index is 11.3. The van der Waals surface area contributed by atoms with E-state index in [2.05, 4.69) is 36.3 Å². The molecule has 0 unspecified atom stereocenters. The van der Waals surface area contributed by atoms with Crippen LogP contribution in [0.2, 0.25) is 0 Å². The number of rotatable bonds is 11. The minimum atomic E-state index is -1.29. The van der Waals surface area contributed by atoms with E-state index in [0.717, 1.165) is 0 Å². The second-order valence-electron chi connectivity index (χ2n) is 8.12. The summed E-state index contributed by atoms with van der Waals surface area (Å²) >= 11 is 0. The van der Waals surface area contributed by atoms with Gasteiger partial charge in [-0.25, -0.2) is 15.0 Å². The van der Waals surface area contributed by atoms with E-state index in [4.69, 9.17) is 4.74 Å². The third kappa shape index (κ3) is 6.83. The maximum absolute atomic E-state index is 11.3. The van der Waals surface area contributed by atoms with Gasteiger partial charge in [-0.3, -0.25) is 5.43 Å². The lowest BCUT2D eigenvalue weighted by Crippen LogP contribution is -2.05. The highest BCUT2D eigenvalue weighted by Gasteiger charge is 2.13. The van der Waals surface area contributed by atoms with Crippen LogP contribution in [0.4, 0.5) is 23.3 Å². The smallest absolute Gasteiger partial charge is 0.339 e. The Morgan fingerprint density at radius 1 is 0.780 bits per heavy atom. The number of benzene rings is 3. The number of hydrogen-bond acceptors (Lipinski definition) is 12. The van der Waals surface area contributed by atoms with Crippen LogP contribution in [0.3, 0.4) is 0 Å². The van der Waals surface area contributed by atoms with Gasteiger partial charge in [-0.15, -0.1) is 0 Å². The molecule has 0 fully saturated rings. The summed E-state index contributed by atoms with van der Waals surface area (Å²) in [6.45, 7) is 0. The number of anilines is 4. The number of nitrogens with one attached hydrogen (secondary N) is 3. The molecule has 0 aliphatic heterocycles. The minimum absolute atomic E-state index is 0.0107. The number of phenols is 2. The fraction of sp³-hybridized carbons (Fsp3) is 0.0370. The van der Waals surface area contributed by atoms with E-state index in [9.17, 15) is 30.0 Å². The number of carbonyl (C=O) groups is 2. The highest BCUT2D eigenvalue weighted by atomic mass is 16.5. The Hall–Kier alpha value is -6.18. The lowest BCUT2D eigenvalue weighted by atomic mass is 10.1. The quantitative estimate of drug-likeness (QED) is 0.103. The molecule has 0 bridgehead atoms. The Kier molecular flexibility index (Phi) is 8.54. The van der Waals surface area contributed by atoms with Crippen LogP contribution in [0.25, 0.3) is 0 Å². The van der Waals surface area contributed by atoms with Crippen molar-refractivity contribution in [2.75, 3.05) is 23.3 Å². The van der Waals surface area contributed by atoms with Gasteiger partial charge >= 0.3 is 11.9 Å². The topological polar surface area (TPSA) is 211 Å². The van der Waals surface area contributed by atoms with E-state index in [1.165, 1.54) is 62.0 Å². The fourth-order valence-corrected chi connectivity index (χ4v) is 3.51. The Morgan fingerprint density at radius 3 is 1.93 bits per heavy atom. The highest BCUT2D eigenvalue weighted by Crippen LogP contribution is 2.28. The molecule has 4 rings (SSSR count). The molecule has 3 aromatic carbocycles. The van der Waals surface area contributed by atoms with Crippen molar-refractivity contribution in [3.05, 3.63) is 89.0 Å². The summed E-state index contributed by atoms with van der Waals surface area (Å²) in [5.41, 5.74) is 5.66. The molecule has 1 heterocycles. The summed E-state index contributed by atoms with van der Waals surface area (Å²) in [7, 11) is 1.52. The van der Waals surface area contributed by atoms with Crippen molar-refractivity contribution in [3.63, 3.8) is 0 Å². The lowest BCUT2D eigenvalue weighted by molar-refractivity contribution is 0.0682. The summed E-state index contributed by atoms with van der Waals surface area (Å²) < 4.78 is 5.37. The second-order valence-corrected chi connectivity index (χ2v) is 8.12. The van der Waals surface area contributed by atoms with Crippen LogP contribution >= 0.6 is 0 Å². The molecule has 0 atom stereocenters. The number of nitrogens with zero attached hydrogens (tertiary/aromatic N) is 4. The Morgan fingerprint density at radius 2 is 1.34 bits per heavy atom. The van der Waals surface area contributed by atoms with Crippen molar-refractivity contribution >= 4 is 47.6 Å². The number of hydrogen-bond donors (Lipinski definition) is 7. The van der Waals surface area contributed by atoms with Crippen molar-refractivity contribution in [2.45, 2.75) is 0 Å². The zero-order valence-corrected chi connectivity index (χ0v) is 21.3. The summed E-state index contributed by atoms with van der Waals surface area (Å²) in [6.07, 6.45) is 2.43. The van der Waals surface area contributed by atoms with Gasteiger partial charge in [0.05, 0.1) is 25.2 Å². The van der Waals surface area contributed by atoms with Crippen LogP contribution in [-0.4, -0.2) is 61.9 Å². The predicted octanol–water partition coefficient (Wildman–Crippen LogP) is 3.93. The van der Waals surface area contributed by atoms with E-state index in [1.807, 2.05) is 0 Å². The van der Waals surface area contributed by atoms with Crippen molar-refractivity contribution in [1.29, 1.82) is 0 Å². The molecular weight excluding hydrogens is 534 g/mol. The molecule has 0 saturated heterocycles. The highest BCUT2D eigenvalue weighted by molar-refractivity contribution is 5.96. The molecule has 0 saturated carbocycles. The largest absolute Gasteiger partial charge is 0.506 e. The van der Waals surface area contributed by atoms with E-state index in [-0.39, 0.29) is 34.0 Å². The monoisotopic (exact) mass is 557 g/mol. The van der Waals surface area contributed by atoms with Crippen LogP contribution in [0, 0.1) is 0 Å². The van der Waals surface area contributed by atoms with Crippen molar-refractivity contribution in [1.82, 2.24) is 9.97 Å². The van der Waals surface area contributed by atoms with Gasteiger partial charge in [-0.05, 0) is 36.4 Å². The fourth-order valence-electron chi connectivity index (χ4n) is 3.51. The molecule has 41 heavy (non-hydrogen) atoms. The number of aromatic carboxylic acids is 2. The average Bonchev–Trinajstić information content (AvgIpc) is 2.95. The molecule has 4 aromatic rings. The van der Waals surface area contributed by atoms with E-state index in [1.54, 1.807) is 24.3 Å². The van der Waals surface area contributed by atoms with Crippen LogP contribution in [0.15, 0.2) is 76.9 Å². The Balaban J connectivity index is 1.61. The van der Waals surface area contributed by atoms with Crippen molar-refractivity contribution in [2.24, 2.45) is 10.2 Å². The van der Waals surface area contributed by atoms with Crippen LogP contribution in [-0.2, 0) is 0 Å². The summed E-state index contributed by atoms with van der Waals surface area (Å²) in [6, 6.07) is 17.1. The van der Waals surface area contributed by atoms with Gasteiger partial charge < -0.3 is 30.5 Å². The first-order chi connectivity index (χ1) is 19.8. The normalized spacial score (nSPS) is 11.0. The molecule has 0 aliphatic carbocycles.